The average molecular weight is 329 g/mol. The number of carbonyl (C=O) groups excluding carboxylic acids is 2. The predicted molar refractivity (Wildman–Crippen MR) is 84.1 cm³/mol. The number of nitrogens with zero attached hydrogens (tertiary/aromatic N) is 1. The van der Waals surface area contributed by atoms with Crippen LogP contribution in [0.3, 0.4) is 0 Å². The Morgan fingerprint density at radius 2 is 2.09 bits per heavy atom. The van der Waals surface area contributed by atoms with Crippen LogP contribution in [0.15, 0.2) is 0 Å². The second kappa shape index (κ2) is 8.71. The minimum Gasteiger partial charge on any atom is -0.480 e. The van der Waals surface area contributed by atoms with Gasteiger partial charge in [-0.05, 0) is 40.0 Å². The number of ether oxygens (including phenoxy) is 1. The number of alkyl carbamates (subject to hydrolysis) is 1. The van der Waals surface area contributed by atoms with Gasteiger partial charge in [-0.25, -0.2) is 4.79 Å². The van der Waals surface area contributed by atoms with E-state index in [4.69, 9.17) is 9.84 Å². The van der Waals surface area contributed by atoms with Gasteiger partial charge in [-0.1, -0.05) is 0 Å². The van der Waals surface area contributed by atoms with Crippen LogP contribution < -0.4 is 10.6 Å². The first kappa shape index (κ1) is 19.2. The number of carbonyl (C=O) groups is 3. The smallest absolute Gasteiger partial charge is 0.407 e. The summed E-state index contributed by atoms with van der Waals surface area (Å²) in [7, 11) is 0. The molecule has 0 aliphatic carbocycles. The summed E-state index contributed by atoms with van der Waals surface area (Å²) in [6.45, 7) is 6.65. The number of nitrogens with one attached hydrogen (secondary N) is 2. The van der Waals surface area contributed by atoms with Gasteiger partial charge >= 0.3 is 12.1 Å². The van der Waals surface area contributed by atoms with Gasteiger partial charge in [-0.2, -0.15) is 0 Å². The highest BCUT2D eigenvalue weighted by atomic mass is 16.6. The Morgan fingerprint density at radius 3 is 2.70 bits per heavy atom. The van der Waals surface area contributed by atoms with Gasteiger partial charge in [-0.3, -0.25) is 9.59 Å². The molecule has 1 rings (SSSR count). The van der Waals surface area contributed by atoms with E-state index in [9.17, 15) is 14.4 Å². The number of amides is 2. The lowest BCUT2D eigenvalue weighted by Crippen LogP contribution is -2.56. The highest BCUT2D eigenvalue weighted by Crippen LogP contribution is 2.09. The molecule has 1 fully saturated rings. The summed E-state index contributed by atoms with van der Waals surface area (Å²) >= 11 is 0. The first-order valence-corrected chi connectivity index (χ1v) is 7.90. The van der Waals surface area contributed by atoms with Crippen molar-refractivity contribution in [2.75, 3.05) is 26.2 Å². The third-order valence-corrected chi connectivity index (χ3v) is 3.30. The molecule has 23 heavy (non-hydrogen) atoms. The van der Waals surface area contributed by atoms with E-state index in [1.54, 1.807) is 20.8 Å². The van der Waals surface area contributed by atoms with Gasteiger partial charge in [0.25, 0.3) is 0 Å². The van der Waals surface area contributed by atoms with E-state index in [0.717, 1.165) is 12.8 Å². The molecule has 8 heteroatoms. The van der Waals surface area contributed by atoms with Crippen LogP contribution in [0.5, 0.6) is 0 Å². The number of hydrogen-bond donors (Lipinski definition) is 3. The van der Waals surface area contributed by atoms with Crippen molar-refractivity contribution in [3.63, 3.8) is 0 Å². The lowest BCUT2D eigenvalue weighted by atomic mass is 10.1. The Labute approximate surface area is 136 Å². The molecule has 0 saturated carbocycles. The second-order valence-electron chi connectivity index (χ2n) is 6.58. The monoisotopic (exact) mass is 329 g/mol. The van der Waals surface area contributed by atoms with Crippen LogP contribution >= 0.6 is 0 Å². The van der Waals surface area contributed by atoms with Crippen molar-refractivity contribution in [2.45, 2.75) is 51.7 Å². The van der Waals surface area contributed by atoms with Crippen molar-refractivity contribution in [2.24, 2.45) is 0 Å². The van der Waals surface area contributed by atoms with Crippen molar-refractivity contribution >= 4 is 18.0 Å². The fraction of sp³-hybridized carbons (Fsp3) is 0.800. The van der Waals surface area contributed by atoms with E-state index in [0.29, 0.717) is 26.1 Å². The molecule has 132 valence electrons. The molecule has 1 atom stereocenters. The molecule has 8 nitrogen and oxygen atoms in total. The zero-order valence-corrected chi connectivity index (χ0v) is 14.1. The summed E-state index contributed by atoms with van der Waals surface area (Å²) in [6.07, 6.45) is 1.64. The SMILES string of the molecule is CC(C)(C)OC(=O)NCCCC[C@@H]1NCCN(CC(=O)O)C1=O. The zero-order chi connectivity index (χ0) is 17.5. The van der Waals surface area contributed by atoms with E-state index >= 15 is 0 Å². The zero-order valence-electron chi connectivity index (χ0n) is 14.1. The van der Waals surface area contributed by atoms with E-state index in [2.05, 4.69) is 10.6 Å². The molecule has 1 aliphatic heterocycles. The van der Waals surface area contributed by atoms with E-state index in [1.165, 1.54) is 4.90 Å². The third-order valence-electron chi connectivity index (χ3n) is 3.30. The highest BCUT2D eigenvalue weighted by Gasteiger charge is 2.28. The van der Waals surface area contributed by atoms with Crippen LogP contribution in [-0.2, 0) is 14.3 Å². The first-order chi connectivity index (χ1) is 10.7. The van der Waals surface area contributed by atoms with Crippen molar-refractivity contribution in [3.05, 3.63) is 0 Å². The summed E-state index contributed by atoms with van der Waals surface area (Å²) in [4.78, 5) is 35.6. The fourth-order valence-corrected chi connectivity index (χ4v) is 2.32. The van der Waals surface area contributed by atoms with Gasteiger partial charge in [0.15, 0.2) is 0 Å². The normalized spacial score (nSPS) is 18.7. The molecule has 0 bridgehead atoms. The number of unbranched alkanes of at least 4 members (excludes halogenated alkanes) is 1. The summed E-state index contributed by atoms with van der Waals surface area (Å²) in [6, 6.07) is -0.343. The molecule has 0 aromatic carbocycles. The number of piperazine rings is 1. The fourth-order valence-electron chi connectivity index (χ4n) is 2.32. The number of carboxylic acids is 1. The Hall–Kier alpha value is -1.83. The molecule has 0 aromatic heterocycles. The molecule has 3 N–H and O–H groups in total. The molecule has 0 spiro atoms. The summed E-state index contributed by atoms with van der Waals surface area (Å²) in [5, 5.41) is 14.6. The van der Waals surface area contributed by atoms with Crippen LogP contribution in [0, 0.1) is 0 Å². The van der Waals surface area contributed by atoms with Gasteiger partial charge < -0.3 is 25.4 Å². The van der Waals surface area contributed by atoms with Crippen molar-refractivity contribution in [1.82, 2.24) is 15.5 Å². The van der Waals surface area contributed by atoms with Gasteiger partial charge in [0.05, 0.1) is 6.04 Å². The van der Waals surface area contributed by atoms with Gasteiger partial charge in [0.2, 0.25) is 5.91 Å². The summed E-state index contributed by atoms with van der Waals surface area (Å²) in [5.41, 5.74) is -0.518. The number of hydrogen-bond acceptors (Lipinski definition) is 5. The second-order valence-corrected chi connectivity index (χ2v) is 6.58. The predicted octanol–water partition coefficient (Wildman–Crippen LogP) is 0.566. The Morgan fingerprint density at radius 1 is 1.39 bits per heavy atom. The quantitative estimate of drug-likeness (QED) is 0.589. The van der Waals surface area contributed by atoms with Crippen LogP contribution in [0.1, 0.15) is 40.0 Å². The molecule has 0 aromatic rings. The molecule has 1 heterocycles. The molecular formula is C15H27N3O5. The van der Waals surface area contributed by atoms with E-state index < -0.39 is 17.7 Å². The lowest BCUT2D eigenvalue weighted by molar-refractivity contribution is -0.146. The number of carboxylic acid groups (broad SMARTS) is 1. The third kappa shape index (κ3) is 7.83. The van der Waals surface area contributed by atoms with Crippen LogP contribution in [0.4, 0.5) is 4.79 Å². The van der Waals surface area contributed by atoms with Crippen LogP contribution in [-0.4, -0.2) is 65.8 Å². The minimum atomic E-state index is -0.999. The molecule has 1 saturated heterocycles. The highest BCUT2D eigenvalue weighted by molar-refractivity contribution is 5.86. The Kier molecular flexibility index (Phi) is 7.28. The first-order valence-electron chi connectivity index (χ1n) is 7.90. The van der Waals surface area contributed by atoms with Crippen LogP contribution in [0.25, 0.3) is 0 Å². The van der Waals surface area contributed by atoms with Crippen molar-refractivity contribution in [1.29, 1.82) is 0 Å². The molecular weight excluding hydrogens is 302 g/mol. The maximum atomic E-state index is 12.1. The van der Waals surface area contributed by atoms with E-state index in [-0.39, 0.29) is 18.5 Å². The Balaban J connectivity index is 2.21. The van der Waals surface area contributed by atoms with Gasteiger partial charge in [0, 0.05) is 19.6 Å². The number of aliphatic carboxylic acids is 1. The van der Waals surface area contributed by atoms with Crippen molar-refractivity contribution in [3.8, 4) is 0 Å². The molecule has 0 radical (unpaired) electrons. The standard InChI is InChI=1S/C15H27N3O5/c1-15(2,3)23-14(22)17-7-5-4-6-11-13(21)18(9-8-16-11)10-12(19)20/h11,16H,4-10H2,1-3H3,(H,17,22)(H,19,20)/t11-/m0/s1. The summed E-state index contributed by atoms with van der Waals surface area (Å²) < 4.78 is 5.12. The van der Waals surface area contributed by atoms with Gasteiger partial charge in [-0.15, -0.1) is 0 Å². The average Bonchev–Trinajstić information content (AvgIpc) is 2.39. The maximum Gasteiger partial charge on any atom is 0.407 e. The van der Waals surface area contributed by atoms with Crippen LogP contribution in [0.2, 0.25) is 0 Å². The molecule has 1 aliphatic rings. The molecule has 0 unspecified atom stereocenters. The molecule has 2 amide bonds. The summed E-state index contributed by atoms with van der Waals surface area (Å²) in [5.74, 6) is -1.17. The van der Waals surface area contributed by atoms with E-state index in [1.807, 2.05) is 0 Å². The lowest BCUT2D eigenvalue weighted by Gasteiger charge is -2.32. The van der Waals surface area contributed by atoms with Gasteiger partial charge in [0.1, 0.15) is 12.1 Å². The topological polar surface area (TPSA) is 108 Å². The Bertz CT molecular complexity index is 433. The van der Waals surface area contributed by atoms with Crippen molar-refractivity contribution < 1.29 is 24.2 Å². The maximum absolute atomic E-state index is 12.1. The largest absolute Gasteiger partial charge is 0.480 e. The number of rotatable bonds is 7. The minimum absolute atomic E-state index is 0.168.